The van der Waals surface area contributed by atoms with E-state index in [2.05, 4.69) is 26.8 Å². The normalized spacial score (nSPS) is 20.3. The molecular formula is C20H23NO3. The second-order valence-electron chi connectivity index (χ2n) is 6.90. The SMILES string of the molecule is CC1=CCCC(C)(C)C1/C=C/C(=O)/C=C/c1cccc([N+](=O)[O-])c1. The molecule has 0 saturated heterocycles. The van der Waals surface area contributed by atoms with E-state index in [4.69, 9.17) is 0 Å². The van der Waals surface area contributed by atoms with Gasteiger partial charge in [0, 0.05) is 18.1 Å². The molecule has 0 spiro atoms. The molecule has 1 atom stereocenters. The van der Waals surface area contributed by atoms with Gasteiger partial charge in [-0.15, -0.1) is 0 Å². The Kier molecular flexibility index (Phi) is 5.50. The van der Waals surface area contributed by atoms with Crippen LogP contribution in [0.3, 0.4) is 0 Å². The van der Waals surface area contributed by atoms with E-state index in [1.54, 1.807) is 24.3 Å². The number of hydrogen-bond donors (Lipinski definition) is 0. The fourth-order valence-electron chi connectivity index (χ4n) is 3.15. The van der Waals surface area contributed by atoms with Gasteiger partial charge in [0.05, 0.1) is 4.92 Å². The first-order chi connectivity index (χ1) is 11.3. The molecule has 0 amide bonds. The summed E-state index contributed by atoms with van der Waals surface area (Å²) in [6.45, 7) is 6.56. The Morgan fingerprint density at radius 1 is 1.33 bits per heavy atom. The van der Waals surface area contributed by atoms with Gasteiger partial charge in [0.1, 0.15) is 0 Å². The largest absolute Gasteiger partial charge is 0.290 e. The Balaban J connectivity index is 2.07. The van der Waals surface area contributed by atoms with Crippen molar-refractivity contribution in [3.05, 3.63) is 69.8 Å². The molecule has 1 aromatic rings. The summed E-state index contributed by atoms with van der Waals surface area (Å²) in [4.78, 5) is 22.4. The van der Waals surface area contributed by atoms with Crippen LogP contribution in [0, 0.1) is 21.4 Å². The van der Waals surface area contributed by atoms with Crippen LogP contribution in [0.2, 0.25) is 0 Å². The van der Waals surface area contributed by atoms with Crippen molar-refractivity contribution in [1.29, 1.82) is 0 Å². The molecule has 1 unspecified atom stereocenters. The molecule has 24 heavy (non-hydrogen) atoms. The van der Waals surface area contributed by atoms with Crippen molar-refractivity contribution in [3.8, 4) is 0 Å². The first kappa shape index (κ1) is 17.9. The summed E-state index contributed by atoms with van der Waals surface area (Å²) in [5, 5.41) is 10.8. The zero-order valence-electron chi connectivity index (χ0n) is 14.4. The van der Waals surface area contributed by atoms with Gasteiger partial charge in [-0.3, -0.25) is 14.9 Å². The molecule has 0 aromatic heterocycles. The molecule has 0 aliphatic heterocycles. The second kappa shape index (κ2) is 7.39. The van der Waals surface area contributed by atoms with Crippen LogP contribution in [0.1, 0.15) is 39.2 Å². The summed E-state index contributed by atoms with van der Waals surface area (Å²) < 4.78 is 0. The van der Waals surface area contributed by atoms with Crippen molar-refractivity contribution >= 4 is 17.5 Å². The lowest BCUT2D eigenvalue weighted by atomic mass is 9.68. The van der Waals surface area contributed by atoms with Crippen LogP contribution in [0.25, 0.3) is 6.08 Å². The fourth-order valence-corrected chi connectivity index (χ4v) is 3.15. The topological polar surface area (TPSA) is 60.2 Å². The minimum atomic E-state index is -0.445. The molecule has 0 N–H and O–H groups in total. The third kappa shape index (κ3) is 4.51. The zero-order chi connectivity index (χ0) is 17.7. The quantitative estimate of drug-likeness (QED) is 0.327. The number of ketones is 1. The highest BCUT2D eigenvalue weighted by Crippen LogP contribution is 2.41. The van der Waals surface area contributed by atoms with Crippen LogP contribution in [0.5, 0.6) is 0 Å². The van der Waals surface area contributed by atoms with Gasteiger partial charge in [-0.05, 0) is 42.9 Å². The molecule has 1 aliphatic rings. The van der Waals surface area contributed by atoms with Crippen molar-refractivity contribution in [2.24, 2.45) is 11.3 Å². The Bertz CT molecular complexity index is 726. The summed E-state index contributed by atoms with van der Waals surface area (Å²) >= 11 is 0. The highest BCUT2D eigenvalue weighted by Gasteiger charge is 2.30. The van der Waals surface area contributed by atoms with Crippen molar-refractivity contribution in [3.63, 3.8) is 0 Å². The number of carbonyl (C=O) groups excluding carboxylic acids is 1. The van der Waals surface area contributed by atoms with E-state index in [1.165, 1.54) is 23.8 Å². The number of hydrogen-bond acceptors (Lipinski definition) is 3. The predicted octanol–water partition coefficient (Wildman–Crippen LogP) is 5.12. The first-order valence-corrected chi connectivity index (χ1v) is 8.11. The average Bonchev–Trinajstić information content (AvgIpc) is 2.52. The van der Waals surface area contributed by atoms with Crippen LogP contribution >= 0.6 is 0 Å². The highest BCUT2D eigenvalue weighted by molar-refractivity contribution is 6.02. The van der Waals surface area contributed by atoms with Crippen LogP contribution in [-0.2, 0) is 4.79 Å². The van der Waals surface area contributed by atoms with Gasteiger partial charge >= 0.3 is 0 Å². The van der Waals surface area contributed by atoms with Gasteiger partial charge in [0.25, 0.3) is 5.69 Å². The number of nitrogens with zero attached hydrogens (tertiary/aromatic N) is 1. The number of non-ortho nitro benzene ring substituents is 1. The third-order valence-electron chi connectivity index (χ3n) is 4.56. The molecule has 0 bridgehead atoms. The van der Waals surface area contributed by atoms with Crippen LogP contribution in [0.4, 0.5) is 5.69 Å². The van der Waals surface area contributed by atoms with E-state index in [1.807, 2.05) is 6.08 Å². The van der Waals surface area contributed by atoms with E-state index in [-0.39, 0.29) is 22.8 Å². The molecule has 1 aromatic carbocycles. The maximum absolute atomic E-state index is 12.1. The summed E-state index contributed by atoms with van der Waals surface area (Å²) in [5.41, 5.74) is 2.11. The molecule has 4 heteroatoms. The molecule has 0 radical (unpaired) electrons. The fraction of sp³-hybridized carbons (Fsp3) is 0.350. The Morgan fingerprint density at radius 2 is 2.08 bits per heavy atom. The standard InChI is InChI=1S/C20H23NO3/c1-15-6-5-13-20(2,3)19(15)12-11-18(22)10-9-16-7-4-8-17(14-16)21(23)24/h4,6-12,14,19H,5,13H2,1-3H3/b10-9+,12-11+. The van der Waals surface area contributed by atoms with Gasteiger partial charge in [-0.1, -0.05) is 49.8 Å². The lowest BCUT2D eigenvalue weighted by molar-refractivity contribution is -0.384. The van der Waals surface area contributed by atoms with Crippen LogP contribution < -0.4 is 0 Å². The maximum Gasteiger partial charge on any atom is 0.270 e. The van der Waals surface area contributed by atoms with E-state index < -0.39 is 4.92 Å². The second-order valence-corrected chi connectivity index (χ2v) is 6.90. The van der Waals surface area contributed by atoms with Crippen molar-refractivity contribution < 1.29 is 9.72 Å². The lowest BCUT2D eigenvalue weighted by Crippen LogP contribution is -2.26. The number of rotatable bonds is 5. The van der Waals surface area contributed by atoms with Gasteiger partial charge < -0.3 is 0 Å². The van der Waals surface area contributed by atoms with E-state index >= 15 is 0 Å². The lowest BCUT2D eigenvalue weighted by Gasteiger charge is -2.36. The van der Waals surface area contributed by atoms with E-state index in [0.29, 0.717) is 5.56 Å². The van der Waals surface area contributed by atoms with Gasteiger partial charge in [0.15, 0.2) is 5.78 Å². The number of carbonyl (C=O) groups is 1. The summed E-state index contributed by atoms with van der Waals surface area (Å²) in [6.07, 6.45) is 11.1. The molecular weight excluding hydrogens is 302 g/mol. The molecule has 126 valence electrons. The van der Waals surface area contributed by atoms with E-state index in [9.17, 15) is 14.9 Å². The van der Waals surface area contributed by atoms with Crippen LogP contribution in [-0.4, -0.2) is 10.7 Å². The monoisotopic (exact) mass is 325 g/mol. The van der Waals surface area contributed by atoms with Crippen molar-refractivity contribution in [2.45, 2.75) is 33.6 Å². The Hall–Kier alpha value is -2.49. The summed E-state index contributed by atoms with van der Waals surface area (Å²) in [5.74, 6) is 0.150. The van der Waals surface area contributed by atoms with E-state index in [0.717, 1.165) is 12.8 Å². The molecule has 0 saturated carbocycles. The highest BCUT2D eigenvalue weighted by atomic mass is 16.6. The number of nitro benzene ring substituents is 1. The Labute approximate surface area is 142 Å². The minimum Gasteiger partial charge on any atom is -0.290 e. The third-order valence-corrected chi connectivity index (χ3v) is 4.56. The summed E-state index contributed by atoms with van der Waals surface area (Å²) in [7, 11) is 0. The molecule has 0 fully saturated rings. The predicted molar refractivity (Wildman–Crippen MR) is 96.5 cm³/mol. The number of nitro groups is 1. The van der Waals surface area contributed by atoms with Gasteiger partial charge in [-0.2, -0.15) is 0 Å². The number of benzene rings is 1. The average molecular weight is 325 g/mol. The van der Waals surface area contributed by atoms with Gasteiger partial charge in [-0.25, -0.2) is 0 Å². The Morgan fingerprint density at radius 3 is 2.75 bits per heavy atom. The first-order valence-electron chi connectivity index (χ1n) is 8.11. The van der Waals surface area contributed by atoms with Crippen molar-refractivity contribution in [2.75, 3.05) is 0 Å². The molecule has 1 aliphatic carbocycles. The van der Waals surface area contributed by atoms with Crippen molar-refractivity contribution in [1.82, 2.24) is 0 Å². The summed E-state index contributed by atoms with van der Waals surface area (Å²) in [6, 6.07) is 6.22. The zero-order valence-corrected chi connectivity index (χ0v) is 14.4. The smallest absolute Gasteiger partial charge is 0.270 e. The maximum atomic E-state index is 12.1. The number of allylic oxidation sites excluding steroid dienone is 5. The van der Waals surface area contributed by atoms with Gasteiger partial charge in [0.2, 0.25) is 0 Å². The molecule has 4 nitrogen and oxygen atoms in total. The molecule has 2 rings (SSSR count). The van der Waals surface area contributed by atoms with Crippen LogP contribution in [0.15, 0.2) is 54.1 Å². The molecule has 0 heterocycles. The minimum absolute atomic E-state index is 0.0184.